The fourth-order valence-electron chi connectivity index (χ4n) is 2.45. The van der Waals surface area contributed by atoms with Crippen molar-refractivity contribution in [3.63, 3.8) is 0 Å². The lowest BCUT2D eigenvalue weighted by Crippen LogP contribution is -2.07. The molecule has 1 rings (SSSR count). The third-order valence-electron chi connectivity index (χ3n) is 3.85. The van der Waals surface area contributed by atoms with Crippen LogP contribution in [0.4, 0.5) is 0 Å². The Labute approximate surface area is 152 Å². The summed E-state index contributed by atoms with van der Waals surface area (Å²) in [5.41, 5.74) is 0.182. The lowest BCUT2D eigenvalue weighted by molar-refractivity contribution is -0.134. The zero-order chi connectivity index (χ0) is 17.6. The summed E-state index contributed by atoms with van der Waals surface area (Å²) in [4.78, 5) is 22.5. The van der Waals surface area contributed by atoms with Crippen LogP contribution >= 0.6 is 15.9 Å². The summed E-state index contributed by atoms with van der Waals surface area (Å²) in [6.07, 6.45) is 11.2. The van der Waals surface area contributed by atoms with Crippen LogP contribution in [0.25, 0.3) is 0 Å². The van der Waals surface area contributed by atoms with Crippen LogP contribution in [0, 0.1) is 0 Å². The topological polar surface area (TPSA) is 63.6 Å². The lowest BCUT2D eigenvalue weighted by atomic mass is 10.1. The summed E-state index contributed by atoms with van der Waals surface area (Å²) in [6.45, 7) is 0. The third kappa shape index (κ3) is 9.71. The van der Waals surface area contributed by atoms with Crippen LogP contribution in [0.15, 0.2) is 24.3 Å². The van der Waals surface area contributed by atoms with Crippen molar-refractivity contribution >= 4 is 27.9 Å². The Kier molecular flexibility index (Phi) is 11.2. The van der Waals surface area contributed by atoms with Crippen molar-refractivity contribution < 1.29 is 19.4 Å². The van der Waals surface area contributed by atoms with E-state index in [-0.39, 0.29) is 11.5 Å². The molecule has 0 amide bonds. The van der Waals surface area contributed by atoms with E-state index in [0.717, 1.165) is 18.2 Å². The Balaban J connectivity index is 2.03. The van der Waals surface area contributed by atoms with Gasteiger partial charge in [-0.05, 0) is 37.1 Å². The minimum atomic E-state index is -0.990. The molecule has 4 nitrogen and oxygen atoms in total. The van der Waals surface area contributed by atoms with Gasteiger partial charge in [-0.3, -0.25) is 4.79 Å². The van der Waals surface area contributed by atoms with E-state index in [1.807, 2.05) is 0 Å². The molecule has 0 aliphatic rings. The summed E-state index contributed by atoms with van der Waals surface area (Å²) >= 11 is 3.44. The first-order valence-corrected chi connectivity index (χ1v) is 9.85. The summed E-state index contributed by atoms with van der Waals surface area (Å²) in [7, 11) is 0. The van der Waals surface area contributed by atoms with E-state index < -0.39 is 5.97 Å². The normalized spacial score (nSPS) is 10.5. The summed E-state index contributed by atoms with van der Waals surface area (Å²) in [5, 5.41) is 9.91. The first kappa shape index (κ1) is 20.7. The van der Waals surface area contributed by atoms with Gasteiger partial charge in [0.2, 0.25) is 0 Å². The third-order valence-corrected chi connectivity index (χ3v) is 4.41. The van der Waals surface area contributed by atoms with Gasteiger partial charge in [0.15, 0.2) is 0 Å². The van der Waals surface area contributed by atoms with E-state index in [1.165, 1.54) is 69.2 Å². The SMILES string of the molecule is O=C(CCCCCCCCCCCBr)Oc1ccc(C(=O)O)cc1. The number of carboxylic acids is 1. The van der Waals surface area contributed by atoms with Crippen LogP contribution < -0.4 is 4.74 Å². The molecule has 0 heterocycles. The summed E-state index contributed by atoms with van der Waals surface area (Å²) in [5.74, 6) is -0.850. The van der Waals surface area contributed by atoms with Crippen molar-refractivity contribution in [3.05, 3.63) is 29.8 Å². The molecular weight excluding hydrogens is 372 g/mol. The molecular formula is C19H27BrO4. The first-order chi connectivity index (χ1) is 11.6. The molecule has 0 spiro atoms. The van der Waals surface area contributed by atoms with Crippen LogP contribution in [-0.2, 0) is 4.79 Å². The number of ether oxygens (including phenoxy) is 1. The molecule has 0 fully saturated rings. The highest BCUT2D eigenvalue weighted by molar-refractivity contribution is 9.09. The molecule has 0 aromatic heterocycles. The lowest BCUT2D eigenvalue weighted by Gasteiger charge is -2.05. The van der Waals surface area contributed by atoms with Crippen molar-refractivity contribution in [3.8, 4) is 5.75 Å². The Morgan fingerprint density at radius 2 is 1.33 bits per heavy atom. The molecule has 0 radical (unpaired) electrons. The zero-order valence-corrected chi connectivity index (χ0v) is 15.7. The van der Waals surface area contributed by atoms with Gasteiger partial charge in [-0.1, -0.05) is 60.9 Å². The minimum Gasteiger partial charge on any atom is -0.478 e. The second-order valence-electron chi connectivity index (χ2n) is 5.92. The van der Waals surface area contributed by atoms with Crippen LogP contribution in [-0.4, -0.2) is 22.4 Å². The monoisotopic (exact) mass is 398 g/mol. The fraction of sp³-hybridized carbons (Fsp3) is 0.579. The maximum atomic E-state index is 11.7. The quantitative estimate of drug-likeness (QED) is 0.203. The molecule has 0 aliphatic heterocycles. The number of carboxylic acid groups (broad SMARTS) is 1. The van der Waals surface area contributed by atoms with E-state index in [1.54, 1.807) is 0 Å². The summed E-state index contributed by atoms with van der Waals surface area (Å²) in [6, 6.07) is 5.89. The standard InChI is InChI=1S/C19H27BrO4/c20-15-9-7-5-3-1-2-4-6-8-10-18(21)24-17-13-11-16(12-14-17)19(22)23/h11-14H,1-10,15H2,(H,22,23). The van der Waals surface area contributed by atoms with E-state index in [2.05, 4.69) is 15.9 Å². The van der Waals surface area contributed by atoms with Gasteiger partial charge >= 0.3 is 11.9 Å². The van der Waals surface area contributed by atoms with Crippen molar-refractivity contribution in [2.75, 3.05) is 5.33 Å². The average molecular weight is 399 g/mol. The second-order valence-corrected chi connectivity index (χ2v) is 6.72. The molecule has 24 heavy (non-hydrogen) atoms. The highest BCUT2D eigenvalue weighted by Crippen LogP contribution is 2.15. The number of halogens is 1. The van der Waals surface area contributed by atoms with Crippen LogP contribution in [0.2, 0.25) is 0 Å². The zero-order valence-electron chi connectivity index (χ0n) is 14.1. The number of alkyl halides is 1. The smallest absolute Gasteiger partial charge is 0.335 e. The molecule has 0 bridgehead atoms. The predicted octanol–water partition coefficient (Wildman–Crippen LogP) is 5.59. The minimum absolute atomic E-state index is 0.182. The van der Waals surface area contributed by atoms with Crippen LogP contribution in [0.5, 0.6) is 5.75 Å². The Hall–Kier alpha value is -1.36. The number of aromatic carboxylic acids is 1. The van der Waals surface area contributed by atoms with E-state index >= 15 is 0 Å². The van der Waals surface area contributed by atoms with Gasteiger partial charge in [0.25, 0.3) is 0 Å². The van der Waals surface area contributed by atoms with Crippen molar-refractivity contribution in [2.24, 2.45) is 0 Å². The number of esters is 1. The predicted molar refractivity (Wildman–Crippen MR) is 99.0 cm³/mol. The Morgan fingerprint density at radius 1 is 0.833 bits per heavy atom. The molecule has 0 saturated heterocycles. The number of carbonyl (C=O) groups is 2. The van der Waals surface area contributed by atoms with E-state index in [9.17, 15) is 9.59 Å². The Bertz CT molecular complexity index is 485. The van der Waals surface area contributed by atoms with Gasteiger partial charge in [0, 0.05) is 11.8 Å². The molecule has 134 valence electrons. The molecule has 0 aliphatic carbocycles. The van der Waals surface area contributed by atoms with Crippen molar-refractivity contribution in [1.29, 1.82) is 0 Å². The van der Waals surface area contributed by atoms with Crippen LogP contribution in [0.1, 0.15) is 74.6 Å². The molecule has 5 heteroatoms. The van der Waals surface area contributed by atoms with Gasteiger partial charge in [-0.25, -0.2) is 4.79 Å². The number of hydrogen-bond donors (Lipinski definition) is 1. The molecule has 0 saturated carbocycles. The van der Waals surface area contributed by atoms with Crippen molar-refractivity contribution in [1.82, 2.24) is 0 Å². The summed E-state index contributed by atoms with van der Waals surface area (Å²) < 4.78 is 5.20. The molecule has 1 aromatic carbocycles. The Morgan fingerprint density at radius 3 is 1.83 bits per heavy atom. The fourth-order valence-corrected chi connectivity index (χ4v) is 2.85. The second kappa shape index (κ2) is 13.0. The van der Waals surface area contributed by atoms with E-state index in [4.69, 9.17) is 9.84 Å². The molecule has 1 N–H and O–H groups in total. The molecule has 1 aromatic rings. The van der Waals surface area contributed by atoms with Crippen molar-refractivity contribution in [2.45, 2.75) is 64.2 Å². The van der Waals surface area contributed by atoms with Gasteiger partial charge in [0.1, 0.15) is 5.75 Å². The average Bonchev–Trinajstić information content (AvgIpc) is 2.57. The largest absolute Gasteiger partial charge is 0.478 e. The molecule has 0 atom stereocenters. The maximum Gasteiger partial charge on any atom is 0.335 e. The van der Waals surface area contributed by atoms with E-state index in [0.29, 0.717) is 12.2 Å². The van der Waals surface area contributed by atoms with Gasteiger partial charge < -0.3 is 9.84 Å². The molecule has 0 unspecified atom stereocenters. The van der Waals surface area contributed by atoms with Gasteiger partial charge in [-0.2, -0.15) is 0 Å². The number of rotatable bonds is 13. The maximum absolute atomic E-state index is 11.7. The van der Waals surface area contributed by atoms with Gasteiger partial charge in [-0.15, -0.1) is 0 Å². The number of unbranched alkanes of at least 4 members (excludes halogenated alkanes) is 8. The number of carbonyl (C=O) groups excluding carboxylic acids is 1. The number of benzene rings is 1. The highest BCUT2D eigenvalue weighted by atomic mass is 79.9. The first-order valence-electron chi connectivity index (χ1n) is 8.73. The highest BCUT2D eigenvalue weighted by Gasteiger charge is 2.06. The number of hydrogen-bond acceptors (Lipinski definition) is 3. The van der Waals surface area contributed by atoms with Crippen LogP contribution in [0.3, 0.4) is 0 Å². The van der Waals surface area contributed by atoms with Gasteiger partial charge in [0.05, 0.1) is 5.56 Å².